The van der Waals surface area contributed by atoms with Crippen LogP contribution in [-0.4, -0.2) is 53.2 Å². The zero-order chi connectivity index (χ0) is 23.7. The molecule has 2 N–H and O–H groups in total. The minimum absolute atomic E-state index is 0.362. The zero-order valence-electron chi connectivity index (χ0n) is 20.0. The average Bonchev–Trinajstić information content (AvgIpc) is 2.87. The molecule has 0 unspecified atom stereocenters. The number of aryl methyl sites for hydroxylation is 2. The van der Waals surface area contributed by atoms with Gasteiger partial charge in [-0.15, -0.1) is 0 Å². The van der Waals surface area contributed by atoms with Crippen molar-refractivity contribution in [1.82, 2.24) is 14.9 Å². The van der Waals surface area contributed by atoms with Gasteiger partial charge in [-0.3, -0.25) is 9.88 Å². The Labute approximate surface area is 200 Å². The van der Waals surface area contributed by atoms with Crippen molar-refractivity contribution < 1.29 is 5.11 Å². The molecule has 1 aromatic heterocycles. The lowest BCUT2D eigenvalue weighted by Gasteiger charge is -2.35. The molecule has 3 aromatic carbocycles. The van der Waals surface area contributed by atoms with Crippen LogP contribution in [0.2, 0.25) is 0 Å². The summed E-state index contributed by atoms with van der Waals surface area (Å²) in [5.74, 6) is 1.29. The second kappa shape index (κ2) is 9.31. The second-order valence-electron chi connectivity index (χ2n) is 9.10. The Morgan fingerprint density at radius 3 is 2.38 bits per heavy atom. The van der Waals surface area contributed by atoms with E-state index in [9.17, 15) is 5.11 Å². The first kappa shape index (κ1) is 22.2. The van der Waals surface area contributed by atoms with Gasteiger partial charge in [0.1, 0.15) is 11.6 Å². The number of nitrogens with one attached hydrogen (secondary N) is 1. The lowest BCUT2D eigenvalue weighted by molar-refractivity contribution is 0.249. The number of phenols is 1. The highest BCUT2D eigenvalue weighted by atomic mass is 16.3. The van der Waals surface area contributed by atoms with Crippen LogP contribution in [0.1, 0.15) is 16.7 Å². The number of benzene rings is 3. The van der Waals surface area contributed by atoms with Crippen molar-refractivity contribution in [3.8, 4) is 16.9 Å². The van der Waals surface area contributed by atoms with Crippen molar-refractivity contribution in [2.75, 3.05) is 43.4 Å². The summed E-state index contributed by atoms with van der Waals surface area (Å²) in [5.41, 5.74) is 8.19. The van der Waals surface area contributed by atoms with Crippen LogP contribution in [0.4, 0.5) is 11.5 Å². The highest BCUT2D eigenvalue weighted by Crippen LogP contribution is 2.30. The molecule has 0 bridgehead atoms. The van der Waals surface area contributed by atoms with E-state index >= 15 is 0 Å². The van der Waals surface area contributed by atoms with Gasteiger partial charge in [-0.05, 0) is 78.1 Å². The van der Waals surface area contributed by atoms with Gasteiger partial charge in [0, 0.05) is 45.5 Å². The Hall–Kier alpha value is -3.64. The van der Waals surface area contributed by atoms with Gasteiger partial charge in [0.15, 0.2) is 0 Å². The van der Waals surface area contributed by atoms with Crippen LogP contribution >= 0.6 is 0 Å². The summed E-state index contributed by atoms with van der Waals surface area (Å²) in [4.78, 5) is 14.5. The molecule has 4 aromatic rings. The van der Waals surface area contributed by atoms with Crippen LogP contribution in [0.5, 0.6) is 5.75 Å². The molecule has 0 spiro atoms. The molecule has 0 amide bonds. The molecule has 174 valence electrons. The maximum absolute atomic E-state index is 10.1. The van der Waals surface area contributed by atoms with Gasteiger partial charge in [0.25, 0.3) is 0 Å². The third-order valence-corrected chi connectivity index (χ3v) is 6.67. The zero-order valence-corrected chi connectivity index (χ0v) is 20.0. The monoisotopic (exact) mass is 453 g/mol. The standard InChI is InChI=1S/C28H31N5O/c1-19-13-23(14-20(2)28(19)34)22-7-8-25-26(16-22)31-27(17-30-25)33-11-9-32(10-12-33)18-21-5-4-6-24(15-21)29-3/h4-8,13-17,29,34H,9-12,18H2,1-3H3. The van der Waals surface area contributed by atoms with Gasteiger partial charge in [-0.1, -0.05) is 18.2 Å². The minimum Gasteiger partial charge on any atom is -0.507 e. The van der Waals surface area contributed by atoms with E-state index in [1.165, 1.54) is 5.56 Å². The molecule has 1 aliphatic heterocycles. The topological polar surface area (TPSA) is 64.5 Å². The van der Waals surface area contributed by atoms with Crippen molar-refractivity contribution in [3.05, 3.63) is 77.5 Å². The van der Waals surface area contributed by atoms with E-state index in [-0.39, 0.29) is 0 Å². The SMILES string of the molecule is CNc1cccc(CN2CCN(c3cnc4ccc(-c5cc(C)c(O)c(C)c5)cc4n3)CC2)c1. The summed E-state index contributed by atoms with van der Waals surface area (Å²) in [6, 6.07) is 18.8. The summed E-state index contributed by atoms with van der Waals surface area (Å²) in [6.45, 7) is 8.68. The molecule has 34 heavy (non-hydrogen) atoms. The van der Waals surface area contributed by atoms with Crippen LogP contribution < -0.4 is 10.2 Å². The number of rotatable bonds is 5. The summed E-state index contributed by atoms with van der Waals surface area (Å²) in [5, 5.41) is 13.3. The lowest BCUT2D eigenvalue weighted by atomic mass is 9.99. The van der Waals surface area contributed by atoms with Crippen LogP contribution in [0.15, 0.2) is 60.8 Å². The fourth-order valence-corrected chi connectivity index (χ4v) is 4.67. The maximum Gasteiger partial charge on any atom is 0.147 e. The number of hydrogen-bond acceptors (Lipinski definition) is 6. The predicted octanol–water partition coefficient (Wildman–Crippen LogP) is 4.98. The Kier molecular flexibility index (Phi) is 6.07. The van der Waals surface area contributed by atoms with E-state index < -0.39 is 0 Å². The van der Waals surface area contributed by atoms with Crippen molar-refractivity contribution in [2.45, 2.75) is 20.4 Å². The van der Waals surface area contributed by atoms with Crippen molar-refractivity contribution in [2.24, 2.45) is 0 Å². The molecule has 0 aliphatic carbocycles. The molecule has 1 aliphatic rings. The number of aromatic hydroxyl groups is 1. The van der Waals surface area contributed by atoms with Gasteiger partial charge < -0.3 is 15.3 Å². The van der Waals surface area contributed by atoms with Gasteiger partial charge >= 0.3 is 0 Å². The Morgan fingerprint density at radius 2 is 1.65 bits per heavy atom. The van der Waals surface area contributed by atoms with E-state index in [0.29, 0.717) is 5.75 Å². The third-order valence-electron chi connectivity index (χ3n) is 6.67. The summed E-state index contributed by atoms with van der Waals surface area (Å²) in [7, 11) is 1.96. The first-order valence-corrected chi connectivity index (χ1v) is 11.8. The molecule has 6 heteroatoms. The Balaban J connectivity index is 1.31. The molecule has 0 atom stereocenters. The van der Waals surface area contributed by atoms with Gasteiger partial charge in [0.05, 0.1) is 17.2 Å². The molecular weight excluding hydrogens is 422 g/mol. The highest BCUT2D eigenvalue weighted by molar-refractivity contribution is 5.82. The molecule has 0 saturated carbocycles. The first-order valence-electron chi connectivity index (χ1n) is 11.8. The fourth-order valence-electron chi connectivity index (χ4n) is 4.67. The van der Waals surface area contributed by atoms with Crippen molar-refractivity contribution in [1.29, 1.82) is 0 Å². The van der Waals surface area contributed by atoms with Gasteiger partial charge in [-0.25, -0.2) is 4.98 Å². The Bertz CT molecular complexity index is 1300. The van der Waals surface area contributed by atoms with Crippen LogP contribution in [0.25, 0.3) is 22.2 Å². The lowest BCUT2D eigenvalue weighted by Crippen LogP contribution is -2.46. The molecule has 1 saturated heterocycles. The number of aromatic nitrogens is 2. The van der Waals surface area contributed by atoms with Gasteiger partial charge in [0.2, 0.25) is 0 Å². The quantitative estimate of drug-likeness (QED) is 0.444. The molecular formula is C28H31N5O. The maximum atomic E-state index is 10.1. The first-order chi connectivity index (χ1) is 16.5. The number of piperazine rings is 1. The number of fused-ring (bicyclic) bond motifs is 1. The van der Waals surface area contributed by atoms with E-state index in [2.05, 4.69) is 56.5 Å². The number of hydrogen-bond donors (Lipinski definition) is 2. The smallest absolute Gasteiger partial charge is 0.147 e. The minimum atomic E-state index is 0.362. The molecule has 6 nitrogen and oxygen atoms in total. The largest absolute Gasteiger partial charge is 0.507 e. The molecule has 1 fully saturated rings. The van der Waals surface area contributed by atoms with Crippen molar-refractivity contribution >= 4 is 22.5 Å². The van der Waals surface area contributed by atoms with Crippen LogP contribution in [-0.2, 0) is 6.54 Å². The molecule has 0 radical (unpaired) electrons. The number of anilines is 2. The summed E-state index contributed by atoms with van der Waals surface area (Å²) >= 11 is 0. The third kappa shape index (κ3) is 4.54. The summed E-state index contributed by atoms with van der Waals surface area (Å²) < 4.78 is 0. The van der Waals surface area contributed by atoms with E-state index in [1.807, 2.05) is 45.3 Å². The summed E-state index contributed by atoms with van der Waals surface area (Å²) in [6.07, 6.45) is 1.89. The van der Waals surface area contributed by atoms with Crippen molar-refractivity contribution in [3.63, 3.8) is 0 Å². The van der Waals surface area contributed by atoms with E-state index in [1.54, 1.807) is 0 Å². The molecule has 5 rings (SSSR count). The van der Waals surface area contributed by atoms with Crippen LogP contribution in [0, 0.1) is 13.8 Å². The predicted molar refractivity (Wildman–Crippen MR) is 140 cm³/mol. The molecule has 2 heterocycles. The second-order valence-corrected chi connectivity index (χ2v) is 9.10. The average molecular weight is 454 g/mol. The number of phenolic OH excluding ortho intramolecular Hbond substituents is 1. The van der Waals surface area contributed by atoms with Gasteiger partial charge in [-0.2, -0.15) is 0 Å². The van der Waals surface area contributed by atoms with E-state index in [0.717, 1.165) is 77.5 Å². The van der Waals surface area contributed by atoms with E-state index in [4.69, 9.17) is 4.98 Å². The number of nitrogens with zero attached hydrogens (tertiary/aromatic N) is 4. The Morgan fingerprint density at radius 1 is 0.882 bits per heavy atom. The highest BCUT2D eigenvalue weighted by Gasteiger charge is 2.19. The van der Waals surface area contributed by atoms with Crippen LogP contribution in [0.3, 0.4) is 0 Å². The normalized spacial score (nSPS) is 14.5. The fraction of sp³-hybridized carbons (Fsp3) is 0.286.